The summed E-state index contributed by atoms with van der Waals surface area (Å²) in [6, 6.07) is 12.2. The third-order valence-electron chi connectivity index (χ3n) is 3.68. The van der Waals surface area contributed by atoms with Crippen molar-refractivity contribution in [2.45, 2.75) is 12.5 Å². The summed E-state index contributed by atoms with van der Waals surface area (Å²) in [5.74, 6) is -1.72. The van der Waals surface area contributed by atoms with Gasteiger partial charge in [-0.15, -0.1) is 0 Å². The summed E-state index contributed by atoms with van der Waals surface area (Å²) in [6.07, 6.45) is 0.752. The molecule has 0 radical (unpaired) electrons. The van der Waals surface area contributed by atoms with E-state index >= 15 is 0 Å². The smallest absolute Gasteiger partial charge is 0.252 e. The van der Waals surface area contributed by atoms with E-state index in [1.54, 1.807) is 0 Å². The van der Waals surface area contributed by atoms with Gasteiger partial charge in [-0.25, -0.2) is 4.39 Å². The van der Waals surface area contributed by atoms with Crippen molar-refractivity contribution in [2.24, 2.45) is 5.92 Å². The molecule has 1 aliphatic rings. The van der Waals surface area contributed by atoms with E-state index in [0.717, 1.165) is 31.1 Å². The summed E-state index contributed by atoms with van der Waals surface area (Å²) in [5.41, 5.74) is 1.01. The van der Waals surface area contributed by atoms with Crippen molar-refractivity contribution < 1.29 is 13.5 Å². The van der Waals surface area contributed by atoms with Crippen LogP contribution >= 0.6 is 0 Å². The Morgan fingerprint density at radius 3 is 2.62 bits per heavy atom. The van der Waals surface area contributed by atoms with Crippen LogP contribution in [0.3, 0.4) is 0 Å². The summed E-state index contributed by atoms with van der Waals surface area (Å²) in [5, 5.41) is 3.29. The average molecular weight is 290 g/mol. The number of nitrogens with one attached hydrogen (secondary N) is 1. The minimum atomic E-state index is -1.14. The van der Waals surface area contributed by atoms with Gasteiger partial charge in [-0.1, -0.05) is 30.3 Å². The maximum atomic E-state index is 13.2. The van der Waals surface area contributed by atoms with Gasteiger partial charge in [-0.3, -0.25) is 0 Å². The second-order valence-corrected chi connectivity index (χ2v) is 5.12. The standard InChI is InChI=1S/C16H16F2N2O/c17-13-6-7-14(20-16(13)18)21-15(12-8-9-19-10-12)11-4-2-1-3-5-11/h1-7,12,15,19H,8-10H2/t12-,15-/m0/s1. The molecule has 1 aromatic carbocycles. The summed E-state index contributed by atoms with van der Waals surface area (Å²) in [7, 11) is 0. The van der Waals surface area contributed by atoms with E-state index in [2.05, 4.69) is 10.3 Å². The van der Waals surface area contributed by atoms with Gasteiger partial charge in [-0.05, 0) is 24.6 Å². The van der Waals surface area contributed by atoms with Gasteiger partial charge in [0.15, 0.2) is 5.82 Å². The van der Waals surface area contributed by atoms with Crippen molar-refractivity contribution in [2.75, 3.05) is 13.1 Å². The molecule has 1 N–H and O–H groups in total. The first kappa shape index (κ1) is 13.9. The van der Waals surface area contributed by atoms with Crippen molar-refractivity contribution in [3.05, 3.63) is 59.8 Å². The Hall–Kier alpha value is -2.01. The number of nitrogens with zero attached hydrogens (tertiary/aromatic N) is 1. The van der Waals surface area contributed by atoms with Crippen molar-refractivity contribution in [3.63, 3.8) is 0 Å². The molecule has 2 aromatic rings. The maximum Gasteiger partial charge on any atom is 0.252 e. The third kappa shape index (κ3) is 3.19. The predicted octanol–water partition coefficient (Wildman–Crippen LogP) is 3.09. The van der Waals surface area contributed by atoms with E-state index in [1.807, 2.05) is 30.3 Å². The molecule has 5 heteroatoms. The number of pyridine rings is 1. The Morgan fingerprint density at radius 2 is 1.95 bits per heavy atom. The molecule has 3 nitrogen and oxygen atoms in total. The molecule has 0 bridgehead atoms. The van der Waals surface area contributed by atoms with E-state index in [4.69, 9.17) is 4.74 Å². The highest BCUT2D eigenvalue weighted by Gasteiger charge is 2.28. The first-order valence-corrected chi connectivity index (χ1v) is 6.98. The molecule has 1 fully saturated rings. The average Bonchev–Trinajstić information content (AvgIpc) is 3.03. The molecule has 110 valence electrons. The van der Waals surface area contributed by atoms with Gasteiger partial charge in [0.25, 0.3) is 5.95 Å². The SMILES string of the molecule is Fc1ccc(O[C@@H](c2ccccc2)[C@H]2CCNC2)nc1F. The van der Waals surface area contributed by atoms with Crippen LogP contribution in [0.15, 0.2) is 42.5 Å². The Morgan fingerprint density at radius 1 is 1.14 bits per heavy atom. The van der Waals surface area contributed by atoms with Crippen LogP contribution in [-0.2, 0) is 0 Å². The molecule has 0 saturated carbocycles. The number of halogens is 2. The van der Waals surface area contributed by atoms with E-state index in [-0.39, 0.29) is 17.9 Å². The zero-order chi connectivity index (χ0) is 14.7. The van der Waals surface area contributed by atoms with Gasteiger partial charge >= 0.3 is 0 Å². The summed E-state index contributed by atoms with van der Waals surface area (Å²) in [4.78, 5) is 3.53. The Kier molecular flexibility index (Phi) is 4.10. The molecule has 1 aromatic heterocycles. The van der Waals surface area contributed by atoms with E-state index in [0.29, 0.717) is 0 Å². The van der Waals surface area contributed by atoms with Gasteiger partial charge in [0.2, 0.25) is 5.88 Å². The van der Waals surface area contributed by atoms with Gasteiger partial charge in [0.1, 0.15) is 6.10 Å². The lowest BCUT2D eigenvalue weighted by Crippen LogP contribution is -2.21. The van der Waals surface area contributed by atoms with Crippen molar-refractivity contribution in [3.8, 4) is 5.88 Å². The topological polar surface area (TPSA) is 34.1 Å². The molecule has 0 amide bonds. The molecular formula is C16H16F2N2O. The number of hydrogen-bond donors (Lipinski definition) is 1. The van der Waals surface area contributed by atoms with Crippen LogP contribution in [0.5, 0.6) is 5.88 Å². The lowest BCUT2D eigenvalue weighted by Gasteiger charge is -2.24. The zero-order valence-corrected chi connectivity index (χ0v) is 11.4. The zero-order valence-electron chi connectivity index (χ0n) is 11.4. The second-order valence-electron chi connectivity index (χ2n) is 5.12. The molecule has 3 rings (SSSR count). The molecular weight excluding hydrogens is 274 g/mol. The first-order chi connectivity index (χ1) is 10.2. The molecule has 1 aliphatic heterocycles. The first-order valence-electron chi connectivity index (χ1n) is 6.98. The summed E-state index contributed by atoms with van der Waals surface area (Å²) < 4.78 is 32.1. The van der Waals surface area contributed by atoms with Gasteiger partial charge < -0.3 is 10.1 Å². The number of aromatic nitrogens is 1. The lowest BCUT2D eigenvalue weighted by molar-refractivity contribution is 0.136. The van der Waals surface area contributed by atoms with Gasteiger partial charge in [0.05, 0.1) is 0 Å². The minimum Gasteiger partial charge on any atom is -0.469 e. The number of benzene rings is 1. The molecule has 1 saturated heterocycles. The van der Waals surface area contributed by atoms with Crippen LogP contribution < -0.4 is 10.1 Å². The van der Waals surface area contributed by atoms with Crippen LogP contribution in [0, 0.1) is 17.7 Å². The Balaban J connectivity index is 1.86. The lowest BCUT2D eigenvalue weighted by atomic mass is 9.95. The molecule has 21 heavy (non-hydrogen) atoms. The molecule has 0 unspecified atom stereocenters. The summed E-state index contributed by atoms with van der Waals surface area (Å²) >= 11 is 0. The van der Waals surface area contributed by atoms with Crippen LogP contribution in [0.2, 0.25) is 0 Å². The fourth-order valence-corrected chi connectivity index (χ4v) is 2.61. The fourth-order valence-electron chi connectivity index (χ4n) is 2.61. The second kappa shape index (κ2) is 6.18. The number of ether oxygens (including phenoxy) is 1. The largest absolute Gasteiger partial charge is 0.469 e. The molecule has 0 spiro atoms. The van der Waals surface area contributed by atoms with Gasteiger partial charge in [-0.2, -0.15) is 9.37 Å². The number of hydrogen-bond acceptors (Lipinski definition) is 3. The monoisotopic (exact) mass is 290 g/mol. The molecule has 2 atom stereocenters. The van der Waals surface area contributed by atoms with Crippen molar-refractivity contribution in [1.29, 1.82) is 0 Å². The predicted molar refractivity (Wildman–Crippen MR) is 74.9 cm³/mol. The highest BCUT2D eigenvalue weighted by Crippen LogP contribution is 2.31. The summed E-state index contributed by atoms with van der Waals surface area (Å²) in [6.45, 7) is 1.77. The number of rotatable bonds is 4. The van der Waals surface area contributed by atoms with E-state index in [1.165, 1.54) is 6.07 Å². The minimum absolute atomic E-state index is 0.106. The normalized spacial score (nSPS) is 19.4. The van der Waals surface area contributed by atoms with Crippen LogP contribution in [-0.4, -0.2) is 18.1 Å². The maximum absolute atomic E-state index is 13.2. The van der Waals surface area contributed by atoms with Crippen LogP contribution in [0.25, 0.3) is 0 Å². The van der Waals surface area contributed by atoms with E-state index in [9.17, 15) is 8.78 Å². The van der Waals surface area contributed by atoms with Gasteiger partial charge in [0, 0.05) is 18.5 Å². The van der Waals surface area contributed by atoms with Crippen LogP contribution in [0.1, 0.15) is 18.1 Å². The highest BCUT2D eigenvalue weighted by molar-refractivity contribution is 5.21. The van der Waals surface area contributed by atoms with Crippen molar-refractivity contribution >= 4 is 0 Å². The Labute approximate surface area is 122 Å². The third-order valence-corrected chi connectivity index (χ3v) is 3.68. The molecule has 0 aliphatic carbocycles. The Bertz CT molecular complexity index is 600. The van der Waals surface area contributed by atoms with Crippen molar-refractivity contribution in [1.82, 2.24) is 10.3 Å². The van der Waals surface area contributed by atoms with Crippen LogP contribution in [0.4, 0.5) is 8.78 Å². The fraction of sp³-hybridized carbons (Fsp3) is 0.312. The highest BCUT2D eigenvalue weighted by atomic mass is 19.2. The quantitative estimate of drug-likeness (QED) is 0.879. The molecule has 2 heterocycles. The van der Waals surface area contributed by atoms with E-state index < -0.39 is 11.8 Å².